The SMILES string of the molecule is CC(=O)c1ccc(Br)cc1N(C)C1CC1. The van der Waals surface area contributed by atoms with Crippen LogP contribution in [-0.4, -0.2) is 18.9 Å². The molecule has 0 heterocycles. The van der Waals surface area contributed by atoms with Crippen molar-refractivity contribution >= 4 is 27.4 Å². The number of nitrogens with zero attached hydrogens (tertiary/aromatic N) is 1. The highest BCUT2D eigenvalue weighted by Gasteiger charge is 2.28. The largest absolute Gasteiger partial charge is 0.371 e. The van der Waals surface area contributed by atoms with Gasteiger partial charge < -0.3 is 4.90 Å². The van der Waals surface area contributed by atoms with Crippen molar-refractivity contribution in [1.82, 2.24) is 0 Å². The Bertz CT molecular complexity index is 399. The first-order valence-corrected chi connectivity index (χ1v) is 5.92. The van der Waals surface area contributed by atoms with Crippen molar-refractivity contribution in [2.75, 3.05) is 11.9 Å². The minimum Gasteiger partial charge on any atom is -0.371 e. The second-order valence-electron chi connectivity index (χ2n) is 4.06. The average molecular weight is 268 g/mol. The van der Waals surface area contributed by atoms with Gasteiger partial charge in [0.15, 0.2) is 5.78 Å². The second kappa shape index (κ2) is 3.97. The maximum Gasteiger partial charge on any atom is 0.161 e. The van der Waals surface area contributed by atoms with Gasteiger partial charge in [-0.1, -0.05) is 15.9 Å². The molecule has 0 saturated heterocycles. The number of benzene rings is 1. The highest BCUT2D eigenvalue weighted by molar-refractivity contribution is 9.10. The molecule has 1 aromatic carbocycles. The van der Waals surface area contributed by atoms with Crippen molar-refractivity contribution < 1.29 is 4.79 Å². The molecule has 3 heteroatoms. The lowest BCUT2D eigenvalue weighted by atomic mass is 10.1. The van der Waals surface area contributed by atoms with Crippen LogP contribution in [0.25, 0.3) is 0 Å². The van der Waals surface area contributed by atoms with Gasteiger partial charge in [-0.25, -0.2) is 0 Å². The summed E-state index contributed by atoms with van der Waals surface area (Å²) < 4.78 is 1.02. The summed E-state index contributed by atoms with van der Waals surface area (Å²) in [5.74, 6) is 0.130. The number of ketones is 1. The zero-order chi connectivity index (χ0) is 11.0. The lowest BCUT2D eigenvalue weighted by Gasteiger charge is -2.21. The van der Waals surface area contributed by atoms with Gasteiger partial charge in [0.2, 0.25) is 0 Å². The predicted octanol–water partition coefficient (Wildman–Crippen LogP) is 3.25. The summed E-state index contributed by atoms with van der Waals surface area (Å²) in [6, 6.07) is 6.45. The highest BCUT2D eigenvalue weighted by atomic mass is 79.9. The van der Waals surface area contributed by atoms with Crippen LogP contribution in [0.15, 0.2) is 22.7 Å². The standard InChI is InChI=1S/C12H14BrNO/c1-8(15)11-6-3-9(13)7-12(11)14(2)10-4-5-10/h3,6-7,10H,4-5H2,1-2H3. The Kier molecular flexibility index (Phi) is 2.83. The van der Waals surface area contributed by atoms with Crippen molar-refractivity contribution in [1.29, 1.82) is 0 Å². The van der Waals surface area contributed by atoms with Crippen LogP contribution in [0.3, 0.4) is 0 Å². The Balaban J connectivity index is 2.41. The summed E-state index contributed by atoms with van der Waals surface area (Å²) >= 11 is 3.45. The highest BCUT2D eigenvalue weighted by Crippen LogP contribution is 2.33. The Morgan fingerprint density at radius 3 is 2.67 bits per heavy atom. The fraction of sp³-hybridized carbons (Fsp3) is 0.417. The van der Waals surface area contributed by atoms with Crippen molar-refractivity contribution in [3.8, 4) is 0 Å². The first-order valence-electron chi connectivity index (χ1n) is 5.13. The van der Waals surface area contributed by atoms with Gasteiger partial charge in [-0.3, -0.25) is 4.79 Å². The molecule has 1 fully saturated rings. The fourth-order valence-electron chi connectivity index (χ4n) is 1.75. The number of hydrogen-bond donors (Lipinski definition) is 0. The monoisotopic (exact) mass is 267 g/mol. The summed E-state index contributed by atoms with van der Waals surface area (Å²) in [5, 5.41) is 0. The molecule has 0 amide bonds. The van der Waals surface area contributed by atoms with Crippen LogP contribution in [0, 0.1) is 0 Å². The van der Waals surface area contributed by atoms with E-state index in [4.69, 9.17) is 0 Å². The van der Waals surface area contributed by atoms with Gasteiger partial charge in [0.1, 0.15) is 0 Å². The number of carbonyl (C=O) groups excluding carboxylic acids is 1. The summed E-state index contributed by atoms with van der Waals surface area (Å²) in [6.45, 7) is 1.62. The molecular formula is C12H14BrNO. The van der Waals surface area contributed by atoms with E-state index >= 15 is 0 Å². The van der Waals surface area contributed by atoms with E-state index in [1.54, 1.807) is 6.92 Å². The molecule has 0 spiro atoms. The molecule has 1 aromatic rings. The molecular weight excluding hydrogens is 254 g/mol. The lowest BCUT2D eigenvalue weighted by Crippen LogP contribution is -2.21. The summed E-state index contributed by atoms with van der Waals surface area (Å²) in [7, 11) is 2.06. The first-order chi connectivity index (χ1) is 7.09. The van der Waals surface area contributed by atoms with Crippen LogP contribution in [0.2, 0.25) is 0 Å². The van der Waals surface area contributed by atoms with Crippen LogP contribution in [0.1, 0.15) is 30.1 Å². The third-order valence-corrected chi connectivity index (χ3v) is 3.31. The van der Waals surface area contributed by atoms with E-state index < -0.39 is 0 Å². The third-order valence-electron chi connectivity index (χ3n) is 2.81. The van der Waals surface area contributed by atoms with Crippen LogP contribution < -0.4 is 4.90 Å². The molecule has 0 aromatic heterocycles. The molecule has 0 bridgehead atoms. The van der Waals surface area contributed by atoms with E-state index in [0.717, 1.165) is 15.7 Å². The van der Waals surface area contributed by atoms with Gasteiger partial charge in [-0.05, 0) is 38.0 Å². The van der Waals surface area contributed by atoms with E-state index in [0.29, 0.717) is 6.04 Å². The van der Waals surface area contributed by atoms with Gasteiger partial charge >= 0.3 is 0 Å². The molecule has 2 rings (SSSR count). The molecule has 1 saturated carbocycles. The van der Waals surface area contributed by atoms with E-state index in [2.05, 4.69) is 27.9 Å². The van der Waals surface area contributed by atoms with Crippen LogP contribution in [0.5, 0.6) is 0 Å². The third kappa shape index (κ3) is 2.23. The summed E-state index contributed by atoms with van der Waals surface area (Å²) in [4.78, 5) is 13.7. The Morgan fingerprint density at radius 2 is 2.13 bits per heavy atom. The fourth-order valence-corrected chi connectivity index (χ4v) is 2.10. The minimum atomic E-state index is 0.130. The number of carbonyl (C=O) groups is 1. The van der Waals surface area contributed by atoms with Gasteiger partial charge in [-0.2, -0.15) is 0 Å². The summed E-state index contributed by atoms with van der Waals surface area (Å²) in [6.07, 6.45) is 2.47. The van der Waals surface area contributed by atoms with Crippen molar-refractivity contribution in [2.45, 2.75) is 25.8 Å². The Labute approximate surface area is 98.4 Å². The molecule has 1 aliphatic carbocycles. The van der Waals surface area contributed by atoms with Gasteiger partial charge in [-0.15, -0.1) is 0 Å². The Morgan fingerprint density at radius 1 is 1.47 bits per heavy atom. The van der Waals surface area contributed by atoms with E-state index in [1.165, 1.54) is 12.8 Å². The molecule has 0 N–H and O–H groups in total. The molecule has 0 aliphatic heterocycles. The summed E-state index contributed by atoms with van der Waals surface area (Å²) in [5.41, 5.74) is 1.85. The molecule has 0 unspecified atom stereocenters. The topological polar surface area (TPSA) is 20.3 Å². The quantitative estimate of drug-likeness (QED) is 0.784. The van der Waals surface area contributed by atoms with Crippen molar-refractivity contribution in [3.05, 3.63) is 28.2 Å². The molecule has 80 valence electrons. The second-order valence-corrected chi connectivity index (χ2v) is 4.98. The van der Waals surface area contributed by atoms with Gasteiger partial charge in [0, 0.05) is 28.8 Å². The van der Waals surface area contributed by atoms with E-state index in [9.17, 15) is 4.79 Å². The molecule has 0 atom stereocenters. The number of halogens is 1. The number of hydrogen-bond acceptors (Lipinski definition) is 2. The van der Waals surface area contributed by atoms with Crippen LogP contribution in [0.4, 0.5) is 5.69 Å². The normalized spacial score (nSPS) is 15.1. The number of anilines is 1. The van der Waals surface area contributed by atoms with Crippen LogP contribution >= 0.6 is 15.9 Å². The molecule has 0 radical (unpaired) electrons. The van der Waals surface area contributed by atoms with Crippen LogP contribution in [-0.2, 0) is 0 Å². The zero-order valence-corrected chi connectivity index (χ0v) is 10.5. The van der Waals surface area contributed by atoms with Gasteiger partial charge in [0.25, 0.3) is 0 Å². The molecule has 2 nitrogen and oxygen atoms in total. The number of rotatable bonds is 3. The maximum atomic E-state index is 11.5. The lowest BCUT2D eigenvalue weighted by molar-refractivity contribution is 0.101. The van der Waals surface area contributed by atoms with Crippen molar-refractivity contribution in [3.63, 3.8) is 0 Å². The maximum absolute atomic E-state index is 11.5. The predicted molar refractivity (Wildman–Crippen MR) is 65.6 cm³/mol. The molecule has 1 aliphatic rings. The van der Waals surface area contributed by atoms with Crippen molar-refractivity contribution in [2.24, 2.45) is 0 Å². The molecule has 15 heavy (non-hydrogen) atoms. The Hall–Kier alpha value is -0.830. The van der Waals surface area contributed by atoms with E-state index in [-0.39, 0.29) is 5.78 Å². The first kappa shape index (κ1) is 10.7. The average Bonchev–Trinajstić information content (AvgIpc) is 2.99. The minimum absolute atomic E-state index is 0.130. The number of Topliss-reactive ketones (excluding diaryl/α,β-unsaturated/α-hetero) is 1. The van der Waals surface area contributed by atoms with E-state index in [1.807, 2.05) is 18.2 Å². The van der Waals surface area contributed by atoms with Gasteiger partial charge in [0.05, 0.1) is 0 Å². The smallest absolute Gasteiger partial charge is 0.161 e. The zero-order valence-electron chi connectivity index (χ0n) is 8.96.